The number of carbonyl (C=O) groups is 2. The van der Waals surface area contributed by atoms with Crippen molar-refractivity contribution in [2.45, 2.75) is 26.7 Å². The lowest BCUT2D eigenvalue weighted by Crippen LogP contribution is -2.18. The summed E-state index contributed by atoms with van der Waals surface area (Å²) in [6.07, 6.45) is 8.59. The molecule has 2 rings (SSSR count). The standard InChI is InChI=1S/C26H30O7/c1-5-7-15-31-25(27)14-11-20-9-12-21(23(17-20)29-3)32-18-26(28)33-22-13-10-19(8-6-2)16-24(22)30-4/h6,8-14,16-17H,5,7,15,18H2,1-4H3/b8-6+,14-11+. The maximum Gasteiger partial charge on any atom is 0.349 e. The first-order valence-electron chi connectivity index (χ1n) is 10.7. The smallest absolute Gasteiger partial charge is 0.349 e. The third kappa shape index (κ3) is 8.37. The number of allylic oxidation sites excluding steroid dienone is 1. The number of methoxy groups -OCH3 is 2. The molecule has 7 nitrogen and oxygen atoms in total. The zero-order chi connectivity index (χ0) is 24.1. The van der Waals surface area contributed by atoms with Crippen LogP contribution in [0.4, 0.5) is 0 Å². The number of carbonyl (C=O) groups excluding carboxylic acids is 2. The van der Waals surface area contributed by atoms with E-state index in [1.807, 2.05) is 32.1 Å². The summed E-state index contributed by atoms with van der Waals surface area (Å²) in [5.41, 5.74) is 1.65. The van der Waals surface area contributed by atoms with E-state index in [4.69, 9.17) is 23.7 Å². The predicted molar refractivity (Wildman–Crippen MR) is 127 cm³/mol. The Balaban J connectivity index is 1.98. The summed E-state index contributed by atoms with van der Waals surface area (Å²) in [5.74, 6) is 0.538. The Labute approximate surface area is 194 Å². The second-order valence-electron chi connectivity index (χ2n) is 6.94. The zero-order valence-electron chi connectivity index (χ0n) is 19.5. The highest BCUT2D eigenvalue weighted by atomic mass is 16.6. The van der Waals surface area contributed by atoms with E-state index in [0.29, 0.717) is 29.6 Å². The highest BCUT2D eigenvalue weighted by Gasteiger charge is 2.13. The van der Waals surface area contributed by atoms with Gasteiger partial charge in [-0.3, -0.25) is 0 Å². The van der Waals surface area contributed by atoms with Crippen molar-refractivity contribution < 1.29 is 33.3 Å². The summed E-state index contributed by atoms with van der Waals surface area (Å²) in [6.45, 7) is 4.02. The van der Waals surface area contributed by atoms with Crippen molar-refractivity contribution in [3.63, 3.8) is 0 Å². The molecule has 2 aromatic rings. The van der Waals surface area contributed by atoms with Gasteiger partial charge >= 0.3 is 11.9 Å². The van der Waals surface area contributed by atoms with Gasteiger partial charge in [0.15, 0.2) is 29.6 Å². The number of unbranched alkanes of at least 4 members (excludes halogenated alkanes) is 1. The number of ether oxygens (including phenoxy) is 5. The fourth-order valence-corrected chi connectivity index (χ4v) is 2.79. The fraction of sp³-hybridized carbons (Fsp3) is 0.308. The van der Waals surface area contributed by atoms with Gasteiger partial charge in [-0.15, -0.1) is 0 Å². The lowest BCUT2D eigenvalue weighted by Gasteiger charge is -2.12. The van der Waals surface area contributed by atoms with Gasteiger partial charge in [-0.1, -0.05) is 37.6 Å². The van der Waals surface area contributed by atoms with E-state index in [1.54, 1.807) is 36.4 Å². The molecule has 0 amide bonds. The van der Waals surface area contributed by atoms with Crippen LogP contribution in [0.5, 0.6) is 23.0 Å². The maximum absolute atomic E-state index is 12.3. The van der Waals surface area contributed by atoms with Gasteiger partial charge in [-0.25, -0.2) is 9.59 Å². The summed E-state index contributed by atoms with van der Waals surface area (Å²) >= 11 is 0. The molecule has 2 aromatic carbocycles. The van der Waals surface area contributed by atoms with Crippen molar-refractivity contribution in [2.75, 3.05) is 27.4 Å². The highest BCUT2D eigenvalue weighted by molar-refractivity contribution is 5.87. The first kappa shape index (κ1) is 25.5. The van der Waals surface area contributed by atoms with Gasteiger partial charge in [0, 0.05) is 6.08 Å². The Hall–Kier alpha value is -3.74. The molecule has 0 aliphatic heterocycles. The second-order valence-corrected chi connectivity index (χ2v) is 6.94. The van der Waals surface area contributed by atoms with E-state index in [9.17, 15) is 9.59 Å². The minimum atomic E-state index is -0.590. The molecular weight excluding hydrogens is 424 g/mol. The molecule has 0 bridgehead atoms. The van der Waals surface area contributed by atoms with Crippen LogP contribution in [0.1, 0.15) is 37.8 Å². The molecule has 0 saturated carbocycles. The summed E-state index contributed by atoms with van der Waals surface area (Å²) in [5, 5.41) is 0. The Morgan fingerprint density at radius 1 is 0.879 bits per heavy atom. The summed E-state index contributed by atoms with van der Waals surface area (Å²) in [6, 6.07) is 10.3. The molecule has 0 aliphatic carbocycles. The van der Waals surface area contributed by atoms with Gasteiger partial charge in [-0.2, -0.15) is 0 Å². The molecular formula is C26H30O7. The number of hydrogen-bond donors (Lipinski definition) is 0. The van der Waals surface area contributed by atoms with Gasteiger partial charge in [0.25, 0.3) is 0 Å². The Kier molecular flexibility index (Phi) is 10.5. The van der Waals surface area contributed by atoms with Crippen LogP contribution in [0.2, 0.25) is 0 Å². The van der Waals surface area contributed by atoms with Crippen molar-refractivity contribution in [1.82, 2.24) is 0 Å². The lowest BCUT2D eigenvalue weighted by molar-refractivity contribution is -0.138. The molecule has 7 heteroatoms. The van der Waals surface area contributed by atoms with Crippen molar-refractivity contribution in [3.05, 3.63) is 59.7 Å². The third-order valence-corrected chi connectivity index (χ3v) is 4.46. The Bertz CT molecular complexity index is 992. The van der Waals surface area contributed by atoms with Crippen molar-refractivity contribution in [3.8, 4) is 23.0 Å². The van der Waals surface area contributed by atoms with Crippen LogP contribution in [0.25, 0.3) is 12.2 Å². The highest BCUT2D eigenvalue weighted by Crippen LogP contribution is 2.30. The van der Waals surface area contributed by atoms with Crippen LogP contribution in [0.3, 0.4) is 0 Å². The van der Waals surface area contributed by atoms with E-state index in [-0.39, 0.29) is 6.61 Å². The third-order valence-electron chi connectivity index (χ3n) is 4.46. The number of esters is 2. The molecule has 0 saturated heterocycles. The van der Waals surface area contributed by atoms with Gasteiger partial charge in [-0.05, 0) is 54.8 Å². The fourth-order valence-electron chi connectivity index (χ4n) is 2.79. The quantitative estimate of drug-likeness (QED) is 0.192. The Morgan fingerprint density at radius 3 is 2.15 bits per heavy atom. The molecule has 0 N–H and O–H groups in total. The predicted octanol–water partition coefficient (Wildman–Crippen LogP) is 5.08. The number of rotatable bonds is 12. The van der Waals surface area contributed by atoms with E-state index >= 15 is 0 Å². The summed E-state index contributed by atoms with van der Waals surface area (Å²) in [7, 11) is 3.00. The normalized spacial score (nSPS) is 10.9. The lowest BCUT2D eigenvalue weighted by atomic mass is 10.2. The van der Waals surface area contributed by atoms with E-state index in [1.165, 1.54) is 20.3 Å². The minimum absolute atomic E-state index is 0.303. The molecule has 0 atom stereocenters. The zero-order valence-corrected chi connectivity index (χ0v) is 19.5. The van der Waals surface area contributed by atoms with E-state index in [0.717, 1.165) is 24.0 Å². The van der Waals surface area contributed by atoms with Gasteiger partial charge < -0.3 is 23.7 Å². The van der Waals surface area contributed by atoms with Gasteiger partial charge in [0.1, 0.15) is 0 Å². The van der Waals surface area contributed by atoms with E-state index < -0.39 is 11.9 Å². The second kappa shape index (κ2) is 13.6. The number of hydrogen-bond acceptors (Lipinski definition) is 7. The van der Waals surface area contributed by atoms with Crippen molar-refractivity contribution in [2.24, 2.45) is 0 Å². The first-order chi connectivity index (χ1) is 16.0. The molecule has 0 radical (unpaired) electrons. The molecule has 0 spiro atoms. The van der Waals surface area contributed by atoms with Crippen molar-refractivity contribution in [1.29, 1.82) is 0 Å². The molecule has 176 valence electrons. The van der Waals surface area contributed by atoms with Crippen LogP contribution in [0, 0.1) is 0 Å². The van der Waals surface area contributed by atoms with Gasteiger partial charge in [0.05, 0.1) is 20.8 Å². The summed E-state index contributed by atoms with van der Waals surface area (Å²) < 4.78 is 26.7. The van der Waals surface area contributed by atoms with Crippen LogP contribution in [0.15, 0.2) is 48.6 Å². The average molecular weight is 455 g/mol. The van der Waals surface area contributed by atoms with Crippen LogP contribution < -0.4 is 18.9 Å². The first-order valence-corrected chi connectivity index (χ1v) is 10.7. The maximum atomic E-state index is 12.3. The molecule has 0 aliphatic rings. The number of benzene rings is 2. The topological polar surface area (TPSA) is 80.3 Å². The molecule has 0 fully saturated rings. The molecule has 0 aromatic heterocycles. The van der Waals surface area contributed by atoms with E-state index in [2.05, 4.69) is 0 Å². The average Bonchev–Trinajstić information content (AvgIpc) is 2.82. The van der Waals surface area contributed by atoms with Crippen molar-refractivity contribution >= 4 is 24.1 Å². The van der Waals surface area contributed by atoms with Crippen LogP contribution in [-0.2, 0) is 14.3 Å². The summed E-state index contributed by atoms with van der Waals surface area (Å²) in [4.78, 5) is 24.0. The SMILES string of the molecule is C/C=C/c1ccc(OC(=O)COc2ccc(/C=C/C(=O)OCCCC)cc2OC)c(OC)c1. The molecule has 33 heavy (non-hydrogen) atoms. The largest absolute Gasteiger partial charge is 0.493 e. The van der Waals surface area contributed by atoms with Gasteiger partial charge in [0.2, 0.25) is 0 Å². The van der Waals surface area contributed by atoms with Crippen LogP contribution in [-0.4, -0.2) is 39.4 Å². The monoisotopic (exact) mass is 454 g/mol. The molecule has 0 unspecified atom stereocenters. The van der Waals surface area contributed by atoms with Crippen LogP contribution >= 0.6 is 0 Å². The Morgan fingerprint density at radius 2 is 1.52 bits per heavy atom. The minimum Gasteiger partial charge on any atom is -0.493 e. The molecule has 0 heterocycles.